The Hall–Kier alpha value is -1.17. The van der Waals surface area contributed by atoms with Gasteiger partial charge in [-0.05, 0) is 13.8 Å². The summed E-state index contributed by atoms with van der Waals surface area (Å²) >= 11 is 0. The van der Waals surface area contributed by atoms with E-state index in [-0.39, 0.29) is 12.8 Å². The van der Waals surface area contributed by atoms with E-state index in [0.717, 1.165) is 0 Å². The molecule has 0 fully saturated rings. The number of esters is 1. The Labute approximate surface area is 82.6 Å². The second-order valence-electron chi connectivity index (χ2n) is 3.06. The van der Waals surface area contributed by atoms with Crippen LogP contribution in [0.5, 0.6) is 0 Å². The minimum absolute atomic E-state index is 0.0427. The van der Waals surface area contributed by atoms with Crippen LogP contribution in [0.3, 0.4) is 0 Å². The minimum atomic E-state index is -0.876. The van der Waals surface area contributed by atoms with Crippen LogP contribution >= 0.6 is 0 Å². The van der Waals surface area contributed by atoms with Crippen LogP contribution in [0.4, 0.5) is 0 Å². The zero-order valence-corrected chi connectivity index (χ0v) is 8.43. The summed E-state index contributed by atoms with van der Waals surface area (Å²) in [6.07, 6.45) is 0.171. The fraction of sp³-hybridized carbons (Fsp3) is 0.875. The van der Waals surface area contributed by atoms with E-state index in [1.807, 2.05) is 0 Å². The summed E-state index contributed by atoms with van der Waals surface area (Å²) in [6, 6.07) is -1.43. The molecule has 0 rings (SSSR count). The molecule has 0 amide bonds. The van der Waals surface area contributed by atoms with Gasteiger partial charge in [0.15, 0.2) is 0 Å². The van der Waals surface area contributed by atoms with Crippen LogP contribution in [0.25, 0.3) is 0 Å². The van der Waals surface area contributed by atoms with Crippen molar-refractivity contribution in [2.24, 2.45) is 5.73 Å². The molecular formula is C8H16N2O4. The van der Waals surface area contributed by atoms with E-state index in [2.05, 4.69) is 4.74 Å². The summed E-state index contributed by atoms with van der Waals surface area (Å²) in [5.74, 6) is -0.417. The Morgan fingerprint density at radius 2 is 2.21 bits per heavy atom. The van der Waals surface area contributed by atoms with Crippen LogP contribution < -0.4 is 5.73 Å². The zero-order valence-electron chi connectivity index (χ0n) is 8.43. The van der Waals surface area contributed by atoms with Crippen LogP contribution in [0, 0.1) is 10.1 Å². The molecule has 82 valence electrons. The van der Waals surface area contributed by atoms with Crippen LogP contribution in [-0.4, -0.2) is 29.6 Å². The van der Waals surface area contributed by atoms with Gasteiger partial charge in [-0.2, -0.15) is 0 Å². The Balaban J connectivity index is 3.94. The molecule has 0 spiro atoms. The Morgan fingerprint density at radius 3 is 2.57 bits per heavy atom. The lowest BCUT2D eigenvalue weighted by molar-refractivity contribution is -0.525. The topological polar surface area (TPSA) is 95.5 Å². The maximum atomic E-state index is 10.9. The van der Waals surface area contributed by atoms with E-state index in [4.69, 9.17) is 5.73 Å². The second-order valence-corrected chi connectivity index (χ2v) is 3.06. The molecule has 0 aromatic carbocycles. The second kappa shape index (κ2) is 6.31. The van der Waals surface area contributed by atoms with Crippen LogP contribution in [-0.2, 0) is 9.53 Å². The van der Waals surface area contributed by atoms with Crippen molar-refractivity contribution in [2.45, 2.75) is 38.8 Å². The Kier molecular flexibility index (Phi) is 5.78. The predicted octanol–water partition coefficient (Wildman–Crippen LogP) is 0.322. The van der Waals surface area contributed by atoms with Gasteiger partial charge in [-0.3, -0.25) is 14.9 Å². The van der Waals surface area contributed by atoms with Crippen molar-refractivity contribution in [3.8, 4) is 0 Å². The maximum absolute atomic E-state index is 10.9. The fourth-order valence-corrected chi connectivity index (χ4v) is 1.06. The molecule has 0 saturated heterocycles. The molecule has 0 radical (unpaired) electrons. The van der Waals surface area contributed by atoms with Gasteiger partial charge in [0.05, 0.1) is 19.1 Å². The summed E-state index contributed by atoms with van der Waals surface area (Å²) in [4.78, 5) is 20.9. The number of nitro groups is 1. The fourth-order valence-electron chi connectivity index (χ4n) is 1.06. The van der Waals surface area contributed by atoms with Crippen LogP contribution in [0.1, 0.15) is 26.7 Å². The quantitative estimate of drug-likeness (QED) is 0.382. The van der Waals surface area contributed by atoms with Crippen molar-refractivity contribution in [1.82, 2.24) is 0 Å². The molecule has 0 unspecified atom stereocenters. The third-order valence-electron chi connectivity index (χ3n) is 1.83. The van der Waals surface area contributed by atoms with Crippen LogP contribution in [0.2, 0.25) is 0 Å². The van der Waals surface area contributed by atoms with Crippen molar-refractivity contribution in [3.63, 3.8) is 0 Å². The summed E-state index contributed by atoms with van der Waals surface area (Å²) in [5, 5.41) is 10.5. The largest absolute Gasteiger partial charge is 0.466 e. The number of rotatable bonds is 6. The standard InChI is InChI=1S/C8H16N2O4/c1-3-14-8(11)5-4-7(6(2)9)10(12)13/h6-7H,3-5,9H2,1-2H3/t6-,7+/m0/s1. The molecule has 6 nitrogen and oxygen atoms in total. The highest BCUT2D eigenvalue weighted by Gasteiger charge is 2.25. The summed E-state index contributed by atoms with van der Waals surface area (Å²) in [6.45, 7) is 3.53. The summed E-state index contributed by atoms with van der Waals surface area (Å²) < 4.78 is 4.65. The number of hydrogen-bond acceptors (Lipinski definition) is 5. The normalized spacial score (nSPS) is 14.5. The van der Waals surface area contributed by atoms with Gasteiger partial charge in [-0.25, -0.2) is 0 Å². The Bertz CT molecular complexity index is 206. The monoisotopic (exact) mass is 204 g/mol. The lowest BCUT2D eigenvalue weighted by atomic mass is 10.1. The van der Waals surface area contributed by atoms with Gasteiger partial charge in [-0.15, -0.1) is 0 Å². The third kappa shape index (κ3) is 4.76. The SMILES string of the molecule is CCOC(=O)CC[C@H]([C@H](C)N)[N+](=O)[O-]. The van der Waals surface area contributed by atoms with Gasteiger partial charge < -0.3 is 10.5 Å². The van der Waals surface area contributed by atoms with Crippen molar-refractivity contribution in [2.75, 3.05) is 6.61 Å². The molecule has 6 heteroatoms. The molecule has 14 heavy (non-hydrogen) atoms. The highest BCUT2D eigenvalue weighted by atomic mass is 16.6. The number of nitrogens with zero attached hydrogens (tertiary/aromatic N) is 1. The average Bonchev–Trinajstić information content (AvgIpc) is 2.03. The first-order chi connectivity index (χ1) is 6.49. The molecule has 0 heterocycles. The van der Waals surface area contributed by atoms with E-state index in [1.54, 1.807) is 13.8 Å². The molecule has 0 aromatic heterocycles. The van der Waals surface area contributed by atoms with Gasteiger partial charge in [-0.1, -0.05) is 0 Å². The molecule has 0 aliphatic rings. The van der Waals surface area contributed by atoms with Gasteiger partial charge in [0.25, 0.3) is 0 Å². The molecule has 0 aliphatic heterocycles. The number of ether oxygens (including phenoxy) is 1. The van der Waals surface area contributed by atoms with Crippen LogP contribution in [0.15, 0.2) is 0 Å². The van der Waals surface area contributed by atoms with E-state index in [1.165, 1.54) is 0 Å². The highest BCUT2D eigenvalue weighted by molar-refractivity contribution is 5.69. The first-order valence-electron chi connectivity index (χ1n) is 4.53. The molecule has 2 N–H and O–H groups in total. The van der Waals surface area contributed by atoms with Gasteiger partial charge in [0.2, 0.25) is 6.04 Å². The summed E-state index contributed by atoms with van der Waals surface area (Å²) in [5.41, 5.74) is 5.40. The number of nitrogens with two attached hydrogens (primary N) is 1. The van der Waals surface area contributed by atoms with Crippen molar-refractivity contribution >= 4 is 5.97 Å². The minimum Gasteiger partial charge on any atom is -0.466 e. The highest BCUT2D eigenvalue weighted by Crippen LogP contribution is 2.05. The first-order valence-corrected chi connectivity index (χ1v) is 4.53. The lowest BCUT2D eigenvalue weighted by Gasteiger charge is -2.11. The van der Waals surface area contributed by atoms with Crippen molar-refractivity contribution < 1.29 is 14.5 Å². The molecule has 0 bridgehead atoms. The first kappa shape index (κ1) is 12.8. The predicted molar refractivity (Wildman–Crippen MR) is 50.3 cm³/mol. The smallest absolute Gasteiger partial charge is 0.306 e. The Morgan fingerprint density at radius 1 is 1.64 bits per heavy atom. The molecule has 2 atom stereocenters. The van der Waals surface area contributed by atoms with Crippen molar-refractivity contribution in [1.29, 1.82) is 0 Å². The van der Waals surface area contributed by atoms with Gasteiger partial charge in [0.1, 0.15) is 0 Å². The molecule has 0 aliphatic carbocycles. The number of carbonyl (C=O) groups is 1. The van der Waals surface area contributed by atoms with E-state index in [9.17, 15) is 14.9 Å². The van der Waals surface area contributed by atoms with E-state index < -0.39 is 23.0 Å². The lowest BCUT2D eigenvalue weighted by Crippen LogP contribution is -2.38. The molecular weight excluding hydrogens is 188 g/mol. The zero-order chi connectivity index (χ0) is 11.1. The van der Waals surface area contributed by atoms with Crippen molar-refractivity contribution in [3.05, 3.63) is 10.1 Å². The molecule has 0 aromatic rings. The van der Waals surface area contributed by atoms with E-state index in [0.29, 0.717) is 6.61 Å². The van der Waals surface area contributed by atoms with Gasteiger partial charge >= 0.3 is 5.97 Å². The average molecular weight is 204 g/mol. The number of carbonyl (C=O) groups excluding carboxylic acids is 1. The molecule has 0 saturated carbocycles. The van der Waals surface area contributed by atoms with Gasteiger partial charge in [0, 0.05) is 11.3 Å². The third-order valence-corrected chi connectivity index (χ3v) is 1.83. The maximum Gasteiger partial charge on any atom is 0.306 e. The summed E-state index contributed by atoms with van der Waals surface area (Å²) in [7, 11) is 0. The van der Waals surface area contributed by atoms with E-state index >= 15 is 0 Å². The number of hydrogen-bond donors (Lipinski definition) is 1.